The van der Waals surface area contributed by atoms with E-state index in [0.717, 1.165) is 11.1 Å². The van der Waals surface area contributed by atoms with Gasteiger partial charge in [-0.3, -0.25) is 4.68 Å². The lowest BCUT2D eigenvalue weighted by Gasteiger charge is -2.13. The Balaban J connectivity index is 2.32. The highest BCUT2D eigenvalue weighted by Gasteiger charge is 2.17. The van der Waals surface area contributed by atoms with Gasteiger partial charge in [0.15, 0.2) is 5.82 Å². The van der Waals surface area contributed by atoms with Crippen LogP contribution in [0.5, 0.6) is 0 Å². The number of aryl methyl sites for hydroxylation is 1. The van der Waals surface area contributed by atoms with Crippen molar-refractivity contribution in [1.29, 1.82) is 0 Å². The molecule has 0 spiro atoms. The summed E-state index contributed by atoms with van der Waals surface area (Å²) in [7, 11) is 1.78. The number of aromatic nitrogens is 2. The minimum absolute atomic E-state index is 0.140. The van der Waals surface area contributed by atoms with Crippen molar-refractivity contribution < 1.29 is 4.39 Å². The summed E-state index contributed by atoms with van der Waals surface area (Å²) < 4.78 is 16.2. The summed E-state index contributed by atoms with van der Waals surface area (Å²) in [6.07, 6.45) is 1.65. The molecule has 1 heterocycles. The van der Waals surface area contributed by atoms with Crippen LogP contribution >= 0.6 is 0 Å². The Kier molecular flexibility index (Phi) is 2.99. The Labute approximate surface area is 116 Å². The lowest BCUT2D eigenvalue weighted by molar-refractivity contribution is 0.633. The molecule has 0 saturated heterocycles. The molecule has 4 heteroatoms. The van der Waals surface area contributed by atoms with Crippen LogP contribution in [0.1, 0.15) is 0 Å². The van der Waals surface area contributed by atoms with Crippen molar-refractivity contribution in [2.75, 3.05) is 5.73 Å². The van der Waals surface area contributed by atoms with Gasteiger partial charge in [-0.15, -0.1) is 0 Å². The molecule has 1 aromatic heterocycles. The molecule has 3 nitrogen and oxygen atoms in total. The Morgan fingerprint density at radius 3 is 2.45 bits per heavy atom. The predicted octanol–water partition coefficient (Wildman–Crippen LogP) is 3.48. The van der Waals surface area contributed by atoms with Crippen LogP contribution in [-0.4, -0.2) is 9.78 Å². The monoisotopic (exact) mass is 267 g/mol. The highest BCUT2D eigenvalue weighted by molar-refractivity contribution is 5.84. The summed E-state index contributed by atoms with van der Waals surface area (Å²) >= 11 is 0. The van der Waals surface area contributed by atoms with Gasteiger partial charge in [0, 0.05) is 18.8 Å². The Morgan fingerprint density at radius 1 is 1.05 bits per heavy atom. The van der Waals surface area contributed by atoms with Crippen LogP contribution in [0.4, 0.5) is 10.1 Å². The van der Waals surface area contributed by atoms with Gasteiger partial charge in [0.05, 0.1) is 11.4 Å². The molecule has 3 aromatic rings. The molecule has 0 amide bonds. The van der Waals surface area contributed by atoms with Gasteiger partial charge in [-0.1, -0.05) is 36.4 Å². The molecule has 0 saturated carbocycles. The van der Waals surface area contributed by atoms with E-state index >= 15 is 0 Å². The van der Waals surface area contributed by atoms with E-state index in [1.165, 1.54) is 0 Å². The molecule has 0 aliphatic heterocycles. The summed E-state index contributed by atoms with van der Waals surface area (Å²) in [6, 6.07) is 14.9. The SMILES string of the molecule is Cn1nccc1-c1c(-c2ccccc2)ccc(N)c1F. The minimum atomic E-state index is -0.407. The van der Waals surface area contributed by atoms with E-state index in [-0.39, 0.29) is 5.69 Å². The van der Waals surface area contributed by atoms with Crippen molar-refractivity contribution in [3.8, 4) is 22.4 Å². The number of benzene rings is 2. The van der Waals surface area contributed by atoms with E-state index in [2.05, 4.69) is 5.10 Å². The third-order valence-electron chi connectivity index (χ3n) is 3.33. The third-order valence-corrected chi connectivity index (χ3v) is 3.33. The smallest absolute Gasteiger partial charge is 0.156 e. The number of halogens is 1. The summed E-state index contributed by atoms with van der Waals surface area (Å²) in [5.74, 6) is -0.407. The fourth-order valence-corrected chi connectivity index (χ4v) is 2.32. The number of rotatable bonds is 2. The van der Waals surface area contributed by atoms with Crippen LogP contribution in [0.15, 0.2) is 54.7 Å². The zero-order valence-corrected chi connectivity index (χ0v) is 11.0. The van der Waals surface area contributed by atoms with Gasteiger partial charge < -0.3 is 5.73 Å². The van der Waals surface area contributed by atoms with Crippen molar-refractivity contribution in [2.24, 2.45) is 7.05 Å². The second kappa shape index (κ2) is 4.81. The molecule has 0 bridgehead atoms. The van der Waals surface area contributed by atoms with E-state index in [0.29, 0.717) is 11.3 Å². The van der Waals surface area contributed by atoms with E-state index in [4.69, 9.17) is 5.73 Å². The fourth-order valence-electron chi connectivity index (χ4n) is 2.32. The number of nitrogen functional groups attached to an aromatic ring is 1. The molecule has 0 aliphatic carbocycles. The number of nitrogens with two attached hydrogens (primary N) is 1. The number of hydrogen-bond donors (Lipinski definition) is 1. The molecule has 3 rings (SSSR count). The first-order valence-corrected chi connectivity index (χ1v) is 6.30. The predicted molar refractivity (Wildman–Crippen MR) is 78.5 cm³/mol. The molecule has 0 radical (unpaired) electrons. The molecule has 2 aromatic carbocycles. The molecular weight excluding hydrogens is 253 g/mol. The largest absolute Gasteiger partial charge is 0.396 e. The lowest BCUT2D eigenvalue weighted by atomic mass is 9.96. The molecule has 100 valence electrons. The fraction of sp³-hybridized carbons (Fsp3) is 0.0625. The molecule has 0 aliphatic rings. The van der Waals surface area contributed by atoms with Crippen molar-refractivity contribution in [1.82, 2.24) is 9.78 Å². The minimum Gasteiger partial charge on any atom is -0.396 e. The number of nitrogens with zero attached hydrogens (tertiary/aromatic N) is 2. The average Bonchev–Trinajstić information content (AvgIpc) is 2.88. The van der Waals surface area contributed by atoms with E-state index in [1.54, 1.807) is 30.1 Å². The summed E-state index contributed by atoms with van der Waals surface area (Å²) in [6.45, 7) is 0. The van der Waals surface area contributed by atoms with Gasteiger partial charge in [0.1, 0.15) is 0 Å². The maximum absolute atomic E-state index is 14.5. The van der Waals surface area contributed by atoms with E-state index in [9.17, 15) is 4.39 Å². The van der Waals surface area contributed by atoms with Crippen LogP contribution in [-0.2, 0) is 7.05 Å². The second-order valence-electron chi connectivity index (χ2n) is 4.60. The Hall–Kier alpha value is -2.62. The molecule has 20 heavy (non-hydrogen) atoms. The molecule has 2 N–H and O–H groups in total. The molecular formula is C16H14FN3. The molecule has 0 atom stereocenters. The van der Waals surface area contributed by atoms with Gasteiger partial charge in [-0.05, 0) is 23.3 Å². The zero-order chi connectivity index (χ0) is 14.1. The van der Waals surface area contributed by atoms with Crippen molar-refractivity contribution in [3.63, 3.8) is 0 Å². The zero-order valence-electron chi connectivity index (χ0n) is 11.0. The first-order valence-electron chi connectivity index (χ1n) is 6.30. The number of anilines is 1. The van der Waals surface area contributed by atoms with E-state index in [1.807, 2.05) is 36.4 Å². The normalized spacial score (nSPS) is 10.7. The Bertz CT molecular complexity index is 748. The quantitative estimate of drug-likeness (QED) is 0.722. The number of hydrogen-bond acceptors (Lipinski definition) is 2. The average molecular weight is 267 g/mol. The highest BCUT2D eigenvalue weighted by atomic mass is 19.1. The highest BCUT2D eigenvalue weighted by Crippen LogP contribution is 2.36. The van der Waals surface area contributed by atoms with Gasteiger partial charge >= 0.3 is 0 Å². The summed E-state index contributed by atoms with van der Waals surface area (Å²) in [4.78, 5) is 0. The van der Waals surface area contributed by atoms with Crippen LogP contribution in [0.25, 0.3) is 22.4 Å². The first-order chi connectivity index (χ1) is 9.68. The van der Waals surface area contributed by atoms with Gasteiger partial charge in [-0.2, -0.15) is 5.10 Å². The summed E-state index contributed by atoms with van der Waals surface area (Å²) in [5.41, 5.74) is 8.80. The maximum Gasteiger partial charge on any atom is 0.156 e. The standard InChI is InChI=1S/C16H14FN3/c1-20-14(9-10-19-20)15-12(7-8-13(18)16(15)17)11-5-3-2-4-6-11/h2-10H,18H2,1H3. The summed E-state index contributed by atoms with van der Waals surface area (Å²) in [5, 5.41) is 4.11. The van der Waals surface area contributed by atoms with Gasteiger partial charge in [0.2, 0.25) is 0 Å². The van der Waals surface area contributed by atoms with E-state index < -0.39 is 5.82 Å². The van der Waals surface area contributed by atoms with Gasteiger partial charge in [0.25, 0.3) is 0 Å². The molecule has 0 unspecified atom stereocenters. The van der Waals surface area contributed by atoms with Crippen LogP contribution < -0.4 is 5.73 Å². The van der Waals surface area contributed by atoms with Crippen LogP contribution in [0, 0.1) is 5.82 Å². The van der Waals surface area contributed by atoms with Gasteiger partial charge in [-0.25, -0.2) is 4.39 Å². The van der Waals surface area contributed by atoms with Crippen molar-refractivity contribution in [3.05, 3.63) is 60.5 Å². The lowest BCUT2D eigenvalue weighted by Crippen LogP contribution is -2.00. The van der Waals surface area contributed by atoms with Crippen LogP contribution in [0.2, 0.25) is 0 Å². The molecule has 0 fully saturated rings. The van der Waals surface area contributed by atoms with Crippen molar-refractivity contribution >= 4 is 5.69 Å². The first kappa shape index (κ1) is 12.4. The third kappa shape index (κ3) is 1.95. The Morgan fingerprint density at radius 2 is 1.80 bits per heavy atom. The van der Waals surface area contributed by atoms with Crippen molar-refractivity contribution in [2.45, 2.75) is 0 Å². The van der Waals surface area contributed by atoms with Crippen LogP contribution in [0.3, 0.4) is 0 Å². The maximum atomic E-state index is 14.5. The second-order valence-corrected chi connectivity index (χ2v) is 4.60. The topological polar surface area (TPSA) is 43.8 Å².